The molecule has 30 heavy (non-hydrogen) atoms. The number of nitrogens with zero attached hydrogens (tertiary/aromatic N) is 3. The van der Waals surface area contributed by atoms with Gasteiger partial charge in [-0.1, -0.05) is 24.2 Å². The number of methoxy groups -OCH3 is 1. The van der Waals surface area contributed by atoms with Crippen molar-refractivity contribution >= 4 is 29.0 Å². The average Bonchev–Trinajstić information content (AvgIpc) is 3.47. The number of benzene rings is 1. The highest BCUT2D eigenvalue weighted by Gasteiger charge is 2.29. The molecule has 8 nitrogen and oxygen atoms in total. The molecule has 2 fully saturated rings. The second-order valence-corrected chi connectivity index (χ2v) is 8.85. The van der Waals surface area contributed by atoms with Crippen molar-refractivity contribution in [2.24, 2.45) is 0 Å². The molecule has 3 amide bonds. The molecular weight excluding hydrogens is 402 g/mol. The SMILES string of the molecule is COc1ccc(NC(=O)c2nnc(C3CCCN(C(=O)NC4CCCC4)C3)s2)cc1. The summed E-state index contributed by atoms with van der Waals surface area (Å²) in [5.74, 6) is 0.564. The molecule has 0 radical (unpaired) electrons. The van der Waals surface area contributed by atoms with Crippen molar-refractivity contribution in [3.05, 3.63) is 34.3 Å². The van der Waals surface area contributed by atoms with Crippen LogP contribution in [0, 0.1) is 0 Å². The number of piperidine rings is 1. The second kappa shape index (κ2) is 9.42. The number of carbonyl (C=O) groups is 2. The highest BCUT2D eigenvalue weighted by Crippen LogP contribution is 2.30. The van der Waals surface area contributed by atoms with E-state index in [1.807, 2.05) is 4.90 Å². The summed E-state index contributed by atoms with van der Waals surface area (Å²) in [6.45, 7) is 1.38. The Labute approximate surface area is 180 Å². The van der Waals surface area contributed by atoms with Crippen LogP contribution in [-0.2, 0) is 0 Å². The zero-order valence-electron chi connectivity index (χ0n) is 17.1. The minimum atomic E-state index is -0.282. The van der Waals surface area contributed by atoms with Crippen LogP contribution in [0.2, 0.25) is 0 Å². The molecule has 1 aromatic heterocycles. The van der Waals surface area contributed by atoms with Crippen molar-refractivity contribution in [3.8, 4) is 5.75 Å². The van der Waals surface area contributed by atoms with Gasteiger partial charge >= 0.3 is 6.03 Å². The van der Waals surface area contributed by atoms with E-state index in [1.165, 1.54) is 24.2 Å². The van der Waals surface area contributed by atoms with E-state index < -0.39 is 0 Å². The second-order valence-electron chi connectivity index (χ2n) is 7.84. The Hall–Kier alpha value is -2.68. The number of carbonyl (C=O) groups excluding carboxylic acids is 2. The molecule has 1 unspecified atom stereocenters. The van der Waals surface area contributed by atoms with Crippen LogP contribution >= 0.6 is 11.3 Å². The number of likely N-dealkylation sites (tertiary alicyclic amines) is 1. The Morgan fingerprint density at radius 1 is 1.10 bits per heavy atom. The molecule has 0 bridgehead atoms. The van der Waals surface area contributed by atoms with Gasteiger partial charge in [-0.3, -0.25) is 4.79 Å². The molecular formula is C21H27N5O3S. The maximum atomic E-state index is 12.6. The van der Waals surface area contributed by atoms with E-state index in [2.05, 4.69) is 20.8 Å². The fourth-order valence-electron chi connectivity index (χ4n) is 4.05. The van der Waals surface area contributed by atoms with E-state index >= 15 is 0 Å². The Morgan fingerprint density at radius 3 is 2.60 bits per heavy atom. The van der Waals surface area contributed by atoms with Gasteiger partial charge in [0.25, 0.3) is 5.91 Å². The molecule has 0 spiro atoms. The Kier molecular flexibility index (Phi) is 6.47. The number of hydrogen-bond donors (Lipinski definition) is 2. The predicted molar refractivity (Wildman–Crippen MR) is 115 cm³/mol. The lowest BCUT2D eigenvalue weighted by atomic mass is 9.99. The van der Waals surface area contributed by atoms with Crippen molar-refractivity contribution in [3.63, 3.8) is 0 Å². The fraction of sp³-hybridized carbons (Fsp3) is 0.524. The lowest BCUT2D eigenvalue weighted by molar-refractivity contribution is 0.102. The number of amides is 3. The molecule has 2 aromatic rings. The molecule has 160 valence electrons. The molecule has 9 heteroatoms. The molecule has 2 N–H and O–H groups in total. The Bertz CT molecular complexity index is 879. The lowest BCUT2D eigenvalue weighted by Crippen LogP contribution is -2.47. The van der Waals surface area contributed by atoms with Gasteiger partial charge < -0.3 is 20.3 Å². The van der Waals surface area contributed by atoms with Crippen molar-refractivity contribution in [2.75, 3.05) is 25.5 Å². The smallest absolute Gasteiger partial charge is 0.317 e. The summed E-state index contributed by atoms with van der Waals surface area (Å²) in [6.07, 6.45) is 6.41. The molecule has 1 aliphatic heterocycles. The molecule has 1 saturated carbocycles. The third-order valence-electron chi connectivity index (χ3n) is 5.72. The molecule has 4 rings (SSSR count). The number of hydrogen-bond acceptors (Lipinski definition) is 6. The minimum absolute atomic E-state index is 0.0218. The quantitative estimate of drug-likeness (QED) is 0.757. The minimum Gasteiger partial charge on any atom is -0.497 e. The van der Waals surface area contributed by atoms with Gasteiger partial charge in [0, 0.05) is 30.7 Å². The molecule has 2 heterocycles. The molecule has 1 aromatic carbocycles. The van der Waals surface area contributed by atoms with Crippen LogP contribution < -0.4 is 15.4 Å². The first-order valence-electron chi connectivity index (χ1n) is 10.5. The summed E-state index contributed by atoms with van der Waals surface area (Å²) in [5.41, 5.74) is 0.671. The third-order valence-corrected chi connectivity index (χ3v) is 6.81. The van der Waals surface area contributed by atoms with Gasteiger partial charge in [-0.2, -0.15) is 0 Å². The first-order chi connectivity index (χ1) is 14.6. The topological polar surface area (TPSA) is 96.4 Å². The standard InChI is InChI=1S/C21H27N5O3S/c1-29-17-10-8-16(9-11-17)22-18(27)20-25-24-19(30-20)14-5-4-12-26(13-14)21(28)23-15-6-2-3-7-15/h8-11,14-15H,2-7,12-13H2,1H3,(H,22,27)(H,23,28). The first-order valence-corrected chi connectivity index (χ1v) is 11.3. The van der Waals surface area contributed by atoms with Crippen LogP contribution in [-0.4, -0.2) is 53.3 Å². The van der Waals surface area contributed by atoms with Crippen molar-refractivity contribution < 1.29 is 14.3 Å². The summed E-state index contributed by atoms with van der Waals surface area (Å²) >= 11 is 1.30. The zero-order valence-corrected chi connectivity index (χ0v) is 17.9. The predicted octanol–water partition coefficient (Wildman–Crippen LogP) is 3.63. The summed E-state index contributed by atoms with van der Waals surface area (Å²) in [4.78, 5) is 27.0. The Balaban J connectivity index is 1.35. The number of rotatable bonds is 5. The van der Waals surface area contributed by atoms with E-state index in [1.54, 1.807) is 31.4 Å². The summed E-state index contributed by atoms with van der Waals surface area (Å²) < 4.78 is 5.13. The zero-order chi connectivity index (χ0) is 20.9. The number of anilines is 1. The van der Waals surface area contributed by atoms with Crippen molar-refractivity contribution in [1.29, 1.82) is 0 Å². The molecule has 1 saturated heterocycles. The van der Waals surface area contributed by atoms with Crippen LogP contribution in [0.15, 0.2) is 24.3 Å². The van der Waals surface area contributed by atoms with Gasteiger partial charge in [0.1, 0.15) is 10.8 Å². The van der Waals surface area contributed by atoms with Gasteiger partial charge in [-0.15, -0.1) is 10.2 Å². The highest BCUT2D eigenvalue weighted by atomic mass is 32.1. The van der Waals surface area contributed by atoms with Gasteiger partial charge in [-0.05, 0) is 49.9 Å². The van der Waals surface area contributed by atoms with Gasteiger partial charge in [0.05, 0.1) is 7.11 Å². The average molecular weight is 430 g/mol. The largest absolute Gasteiger partial charge is 0.497 e. The van der Waals surface area contributed by atoms with Crippen LogP contribution in [0.25, 0.3) is 0 Å². The number of urea groups is 1. The monoisotopic (exact) mass is 429 g/mol. The van der Waals surface area contributed by atoms with Crippen LogP contribution in [0.3, 0.4) is 0 Å². The molecule has 2 aliphatic rings. The summed E-state index contributed by atoms with van der Waals surface area (Å²) in [7, 11) is 1.60. The summed E-state index contributed by atoms with van der Waals surface area (Å²) in [5, 5.41) is 15.5. The fourth-order valence-corrected chi connectivity index (χ4v) is 4.91. The molecule has 1 atom stereocenters. The van der Waals surface area contributed by atoms with E-state index in [9.17, 15) is 9.59 Å². The normalized spacial score (nSPS) is 19.5. The maximum absolute atomic E-state index is 12.6. The number of aromatic nitrogens is 2. The van der Waals surface area contributed by atoms with E-state index in [4.69, 9.17) is 4.74 Å². The van der Waals surface area contributed by atoms with Crippen molar-refractivity contribution in [2.45, 2.75) is 50.5 Å². The lowest BCUT2D eigenvalue weighted by Gasteiger charge is -2.32. The van der Waals surface area contributed by atoms with Crippen LogP contribution in [0.5, 0.6) is 5.75 Å². The maximum Gasteiger partial charge on any atom is 0.317 e. The van der Waals surface area contributed by atoms with E-state index in [0.717, 1.165) is 43.0 Å². The number of ether oxygens (including phenoxy) is 1. The van der Waals surface area contributed by atoms with Crippen LogP contribution in [0.1, 0.15) is 59.3 Å². The molecule has 1 aliphatic carbocycles. The third kappa shape index (κ3) is 4.89. The van der Waals surface area contributed by atoms with Gasteiger partial charge in [-0.25, -0.2) is 4.79 Å². The van der Waals surface area contributed by atoms with Gasteiger partial charge in [0.15, 0.2) is 0 Å². The first kappa shape index (κ1) is 20.6. The highest BCUT2D eigenvalue weighted by molar-refractivity contribution is 7.13. The Morgan fingerprint density at radius 2 is 1.87 bits per heavy atom. The van der Waals surface area contributed by atoms with E-state index in [0.29, 0.717) is 23.3 Å². The summed E-state index contributed by atoms with van der Waals surface area (Å²) in [6, 6.07) is 7.46. The van der Waals surface area contributed by atoms with Gasteiger partial charge in [0.2, 0.25) is 5.01 Å². The van der Waals surface area contributed by atoms with Crippen LogP contribution in [0.4, 0.5) is 10.5 Å². The number of nitrogens with one attached hydrogen (secondary N) is 2. The van der Waals surface area contributed by atoms with E-state index in [-0.39, 0.29) is 17.9 Å². The van der Waals surface area contributed by atoms with Crippen molar-refractivity contribution in [1.82, 2.24) is 20.4 Å².